The molecule has 2 rings (SSSR count). The zero-order valence-electron chi connectivity index (χ0n) is 10.2. The Morgan fingerprint density at radius 1 is 1.20 bits per heavy atom. The van der Waals surface area contributed by atoms with Crippen LogP contribution in [0.25, 0.3) is 0 Å². The van der Waals surface area contributed by atoms with E-state index >= 15 is 0 Å². The van der Waals surface area contributed by atoms with Crippen molar-refractivity contribution in [2.24, 2.45) is 0 Å². The van der Waals surface area contributed by atoms with Crippen LogP contribution >= 0.6 is 11.6 Å². The van der Waals surface area contributed by atoms with Crippen LogP contribution in [0.3, 0.4) is 0 Å². The summed E-state index contributed by atoms with van der Waals surface area (Å²) >= 11 is 5.79. The quantitative estimate of drug-likeness (QED) is 0.852. The number of nitriles is 1. The van der Waals surface area contributed by atoms with Gasteiger partial charge in [0.15, 0.2) is 0 Å². The molecule has 0 amide bonds. The van der Waals surface area contributed by atoms with Crippen LogP contribution in [0, 0.1) is 11.3 Å². The highest BCUT2D eigenvalue weighted by Crippen LogP contribution is 2.24. The number of hydrogen-bond acceptors (Lipinski definition) is 4. The number of nitrogens with zero attached hydrogens (tertiary/aromatic N) is 1. The highest BCUT2D eigenvalue weighted by molar-refractivity contribution is 7.92. The van der Waals surface area contributed by atoms with Gasteiger partial charge in [-0.1, -0.05) is 23.7 Å². The molecule has 0 aliphatic heterocycles. The van der Waals surface area contributed by atoms with E-state index in [2.05, 4.69) is 4.72 Å². The molecule has 0 heterocycles. The predicted octanol–water partition coefficient (Wildman–Crippen LogP) is 2.59. The van der Waals surface area contributed by atoms with Crippen LogP contribution in [0.5, 0.6) is 0 Å². The van der Waals surface area contributed by atoms with Gasteiger partial charge in [0, 0.05) is 0 Å². The summed E-state index contributed by atoms with van der Waals surface area (Å²) in [6.07, 6.45) is 0. The van der Waals surface area contributed by atoms with E-state index in [1.54, 1.807) is 12.1 Å². The minimum Gasteiger partial charge on any atom is -0.398 e. The van der Waals surface area contributed by atoms with E-state index < -0.39 is 10.0 Å². The maximum Gasteiger partial charge on any atom is 0.263 e. The molecular formula is C13H10ClN3O2S. The van der Waals surface area contributed by atoms with Crippen molar-refractivity contribution < 1.29 is 8.42 Å². The lowest BCUT2D eigenvalue weighted by molar-refractivity contribution is 0.601. The van der Waals surface area contributed by atoms with E-state index in [1.807, 2.05) is 6.07 Å². The first-order valence-corrected chi connectivity index (χ1v) is 7.37. The number of nitrogens with one attached hydrogen (secondary N) is 1. The topological polar surface area (TPSA) is 96.0 Å². The van der Waals surface area contributed by atoms with E-state index in [4.69, 9.17) is 22.6 Å². The van der Waals surface area contributed by atoms with E-state index in [0.29, 0.717) is 0 Å². The Labute approximate surface area is 121 Å². The van der Waals surface area contributed by atoms with Gasteiger partial charge in [0.25, 0.3) is 10.0 Å². The van der Waals surface area contributed by atoms with Gasteiger partial charge in [0.1, 0.15) is 11.0 Å². The molecule has 102 valence electrons. The summed E-state index contributed by atoms with van der Waals surface area (Å²) in [5, 5.41) is 9.13. The maximum atomic E-state index is 12.2. The second-order valence-electron chi connectivity index (χ2n) is 3.95. The van der Waals surface area contributed by atoms with E-state index in [0.717, 1.165) is 0 Å². The molecule has 5 nitrogen and oxygen atoms in total. The Morgan fingerprint density at radius 2 is 1.90 bits per heavy atom. The smallest absolute Gasteiger partial charge is 0.263 e. The summed E-state index contributed by atoms with van der Waals surface area (Å²) in [7, 11) is -3.81. The number of hydrogen-bond donors (Lipinski definition) is 2. The summed E-state index contributed by atoms with van der Waals surface area (Å²) in [6.45, 7) is 0. The number of nitrogens with two attached hydrogens (primary N) is 1. The molecule has 0 aromatic heterocycles. The molecule has 0 fully saturated rings. The third-order valence-corrected chi connectivity index (χ3v) is 4.33. The van der Waals surface area contributed by atoms with Crippen molar-refractivity contribution >= 4 is 33.0 Å². The Hall–Kier alpha value is -2.23. The number of halogens is 1. The lowest BCUT2D eigenvalue weighted by Gasteiger charge is -2.10. The van der Waals surface area contributed by atoms with Crippen LogP contribution in [0.2, 0.25) is 5.02 Å². The molecule has 0 aliphatic carbocycles. The first-order chi connectivity index (χ1) is 9.44. The van der Waals surface area contributed by atoms with Gasteiger partial charge in [-0.3, -0.25) is 4.72 Å². The Morgan fingerprint density at radius 3 is 2.55 bits per heavy atom. The molecular weight excluding hydrogens is 298 g/mol. The number of rotatable bonds is 3. The Kier molecular flexibility index (Phi) is 3.84. The standard InChI is InChI=1S/C13H10ClN3O2S/c14-11-6-5-10(7-9(11)8-15)17-20(18,19)13-4-2-1-3-12(13)16/h1-7,17H,16H2. The fourth-order valence-electron chi connectivity index (χ4n) is 1.61. The van der Waals surface area contributed by atoms with Crippen molar-refractivity contribution in [2.45, 2.75) is 4.90 Å². The maximum absolute atomic E-state index is 12.2. The van der Waals surface area contributed by atoms with Crippen molar-refractivity contribution in [2.75, 3.05) is 10.5 Å². The molecule has 0 spiro atoms. The normalized spacial score (nSPS) is 10.8. The van der Waals surface area contributed by atoms with Gasteiger partial charge in [0.2, 0.25) is 0 Å². The molecule has 20 heavy (non-hydrogen) atoms. The molecule has 7 heteroatoms. The molecule has 0 radical (unpaired) electrons. The lowest BCUT2D eigenvalue weighted by atomic mass is 10.2. The number of benzene rings is 2. The summed E-state index contributed by atoms with van der Waals surface area (Å²) in [5.41, 5.74) is 6.23. The minimum absolute atomic E-state index is 0.0199. The van der Waals surface area contributed by atoms with Crippen molar-refractivity contribution in [1.29, 1.82) is 5.26 Å². The average Bonchev–Trinajstić information content (AvgIpc) is 2.41. The average molecular weight is 308 g/mol. The van der Waals surface area contributed by atoms with Crippen LogP contribution in [-0.2, 0) is 10.0 Å². The Bertz CT molecular complexity index is 798. The van der Waals surface area contributed by atoms with Crippen LogP contribution in [0.4, 0.5) is 11.4 Å². The summed E-state index contributed by atoms with van der Waals surface area (Å²) < 4.78 is 26.8. The van der Waals surface area contributed by atoms with Gasteiger partial charge in [-0.05, 0) is 30.3 Å². The fraction of sp³-hybridized carbons (Fsp3) is 0. The van der Waals surface area contributed by atoms with Crippen LogP contribution in [0.1, 0.15) is 5.56 Å². The molecule has 0 saturated heterocycles. The van der Waals surface area contributed by atoms with Crippen LogP contribution in [-0.4, -0.2) is 8.42 Å². The monoisotopic (exact) mass is 307 g/mol. The zero-order chi connectivity index (χ0) is 14.8. The van der Waals surface area contributed by atoms with Crippen molar-refractivity contribution in [3.05, 3.63) is 53.1 Å². The number of anilines is 2. The zero-order valence-corrected chi connectivity index (χ0v) is 11.7. The third kappa shape index (κ3) is 2.85. The summed E-state index contributed by atoms with van der Waals surface area (Å²) in [4.78, 5) is -0.0199. The molecule has 2 aromatic rings. The molecule has 3 N–H and O–H groups in total. The van der Waals surface area contributed by atoms with E-state index in [1.165, 1.54) is 30.3 Å². The molecule has 0 atom stereocenters. The van der Waals surface area contributed by atoms with Crippen molar-refractivity contribution in [3.8, 4) is 6.07 Å². The fourth-order valence-corrected chi connectivity index (χ4v) is 2.95. The molecule has 0 bridgehead atoms. The van der Waals surface area contributed by atoms with E-state index in [9.17, 15) is 8.42 Å². The second-order valence-corrected chi connectivity index (χ2v) is 6.01. The van der Waals surface area contributed by atoms with Gasteiger partial charge >= 0.3 is 0 Å². The van der Waals surface area contributed by atoms with Gasteiger partial charge < -0.3 is 5.73 Å². The molecule has 0 unspecified atom stereocenters. The molecule has 0 saturated carbocycles. The van der Waals surface area contributed by atoms with Crippen molar-refractivity contribution in [1.82, 2.24) is 0 Å². The SMILES string of the molecule is N#Cc1cc(NS(=O)(=O)c2ccccc2N)ccc1Cl. The highest BCUT2D eigenvalue weighted by atomic mass is 35.5. The van der Waals surface area contributed by atoms with Gasteiger partial charge in [-0.15, -0.1) is 0 Å². The lowest BCUT2D eigenvalue weighted by Crippen LogP contribution is -2.14. The van der Waals surface area contributed by atoms with E-state index in [-0.39, 0.29) is 26.9 Å². The van der Waals surface area contributed by atoms with Gasteiger partial charge in [-0.25, -0.2) is 8.42 Å². The van der Waals surface area contributed by atoms with Gasteiger partial charge in [-0.2, -0.15) is 5.26 Å². The first kappa shape index (κ1) is 14.2. The third-order valence-electron chi connectivity index (χ3n) is 2.55. The molecule has 2 aromatic carbocycles. The minimum atomic E-state index is -3.81. The Balaban J connectivity index is 2.39. The number of sulfonamides is 1. The first-order valence-electron chi connectivity index (χ1n) is 5.51. The molecule has 0 aliphatic rings. The summed E-state index contributed by atoms with van der Waals surface area (Å²) in [5.74, 6) is 0. The largest absolute Gasteiger partial charge is 0.398 e. The van der Waals surface area contributed by atoms with Crippen LogP contribution < -0.4 is 10.5 Å². The highest BCUT2D eigenvalue weighted by Gasteiger charge is 2.17. The predicted molar refractivity (Wildman–Crippen MR) is 77.8 cm³/mol. The van der Waals surface area contributed by atoms with Gasteiger partial charge in [0.05, 0.1) is 22.0 Å². The second kappa shape index (κ2) is 5.41. The number of para-hydroxylation sites is 1. The van der Waals surface area contributed by atoms with Crippen molar-refractivity contribution in [3.63, 3.8) is 0 Å². The summed E-state index contributed by atoms with van der Waals surface area (Å²) in [6, 6.07) is 12.3. The van der Waals surface area contributed by atoms with Crippen LogP contribution in [0.15, 0.2) is 47.4 Å². The number of nitrogen functional groups attached to an aromatic ring is 1.